The van der Waals surface area contributed by atoms with E-state index in [-0.39, 0.29) is 5.60 Å². The predicted molar refractivity (Wildman–Crippen MR) is 76.6 cm³/mol. The van der Waals surface area contributed by atoms with Crippen LogP contribution in [0.4, 0.5) is 0 Å². The second-order valence-electron chi connectivity index (χ2n) is 5.84. The van der Waals surface area contributed by atoms with E-state index in [0.717, 1.165) is 18.6 Å². The van der Waals surface area contributed by atoms with Crippen LogP contribution < -0.4 is 0 Å². The minimum absolute atomic E-state index is 0.0587. The number of aromatic nitrogens is 4. The summed E-state index contributed by atoms with van der Waals surface area (Å²) in [6.45, 7) is 4.98. The molecule has 2 heterocycles. The normalized spacial score (nSPS) is 21.3. The van der Waals surface area contributed by atoms with Crippen molar-refractivity contribution in [3.63, 3.8) is 0 Å². The minimum atomic E-state index is -0.0587. The standard InChI is InChI=1S/C14H17ClN4O/c1-14(2)7-10(8-20-14)9-4-5-12(15)11(6-9)13-16-17-18-19(13)3/h4-6,10H,7-8H2,1-3H3/t10-/m1/s1. The summed E-state index contributed by atoms with van der Waals surface area (Å²) < 4.78 is 7.44. The lowest BCUT2D eigenvalue weighted by Crippen LogP contribution is -2.16. The van der Waals surface area contributed by atoms with Gasteiger partial charge in [-0.3, -0.25) is 0 Å². The van der Waals surface area contributed by atoms with Gasteiger partial charge in [0.1, 0.15) is 0 Å². The Morgan fingerprint density at radius 2 is 2.20 bits per heavy atom. The van der Waals surface area contributed by atoms with Gasteiger partial charge in [0.15, 0.2) is 5.82 Å². The van der Waals surface area contributed by atoms with Gasteiger partial charge in [-0.25, -0.2) is 4.68 Å². The van der Waals surface area contributed by atoms with E-state index in [1.165, 1.54) is 5.56 Å². The highest BCUT2D eigenvalue weighted by Gasteiger charge is 2.33. The molecule has 3 rings (SSSR count). The summed E-state index contributed by atoms with van der Waals surface area (Å²) >= 11 is 6.28. The highest BCUT2D eigenvalue weighted by Crippen LogP contribution is 2.38. The molecular formula is C14H17ClN4O. The molecule has 1 aromatic heterocycles. The Hall–Kier alpha value is -1.46. The summed E-state index contributed by atoms with van der Waals surface area (Å²) in [4.78, 5) is 0. The van der Waals surface area contributed by atoms with Gasteiger partial charge in [-0.05, 0) is 48.4 Å². The molecule has 0 radical (unpaired) electrons. The molecule has 20 heavy (non-hydrogen) atoms. The summed E-state index contributed by atoms with van der Waals surface area (Å²) in [5, 5.41) is 12.2. The molecule has 1 aliphatic heterocycles. The SMILES string of the molecule is Cn1nnnc1-c1cc([C@H]2COC(C)(C)C2)ccc1Cl. The molecule has 106 valence electrons. The number of rotatable bonds is 2. The minimum Gasteiger partial charge on any atom is -0.375 e. The first-order chi connectivity index (χ1) is 9.46. The van der Waals surface area contributed by atoms with E-state index < -0.39 is 0 Å². The molecule has 1 saturated heterocycles. The highest BCUT2D eigenvalue weighted by atomic mass is 35.5. The lowest BCUT2D eigenvalue weighted by Gasteiger charge is -2.16. The smallest absolute Gasteiger partial charge is 0.183 e. The summed E-state index contributed by atoms with van der Waals surface area (Å²) in [5.41, 5.74) is 2.02. The molecule has 1 atom stereocenters. The Morgan fingerprint density at radius 1 is 1.40 bits per heavy atom. The van der Waals surface area contributed by atoms with E-state index >= 15 is 0 Å². The Labute approximate surface area is 122 Å². The van der Waals surface area contributed by atoms with Gasteiger partial charge in [0.25, 0.3) is 0 Å². The number of tetrazole rings is 1. The van der Waals surface area contributed by atoms with Crippen LogP contribution in [0.1, 0.15) is 31.7 Å². The van der Waals surface area contributed by atoms with Crippen molar-refractivity contribution >= 4 is 11.6 Å². The van der Waals surface area contributed by atoms with Gasteiger partial charge in [-0.15, -0.1) is 5.10 Å². The summed E-state index contributed by atoms with van der Waals surface area (Å²) in [6, 6.07) is 6.04. The second-order valence-corrected chi connectivity index (χ2v) is 6.24. The van der Waals surface area contributed by atoms with Crippen molar-refractivity contribution in [1.82, 2.24) is 20.2 Å². The van der Waals surface area contributed by atoms with Gasteiger partial charge in [0.05, 0.1) is 17.2 Å². The zero-order valence-electron chi connectivity index (χ0n) is 11.8. The highest BCUT2D eigenvalue weighted by molar-refractivity contribution is 6.33. The number of hydrogen-bond acceptors (Lipinski definition) is 4. The fourth-order valence-corrected chi connectivity index (χ4v) is 2.88. The van der Waals surface area contributed by atoms with Gasteiger partial charge < -0.3 is 4.74 Å². The molecule has 1 aliphatic rings. The van der Waals surface area contributed by atoms with E-state index in [9.17, 15) is 0 Å². The van der Waals surface area contributed by atoms with Crippen molar-refractivity contribution < 1.29 is 4.74 Å². The third-order valence-corrected chi connectivity index (χ3v) is 4.07. The number of nitrogens with zero attached hydrogens (tertiary/aromatic N) is 4. The Balaban J connectivity index is 1.98. The maximum absolute atomic E-state index is 6.28. The van der Waals surface area contributed by atoms with E-state index in [4.69, 9.17) is 16.3 Å². The third-order valence-electron chi connectivity index (χ3n) is 3.74. The second kappa shape index (κ2) is 4.82. The molecule has 5 nitrogen and oxygen atoms in total. The van der Waals surface area contributed by atoms with E-state index in [2.05, 4.69) is 41.5 Å². The van der Waals surface area contributed by atoms with Crippen molar-refractivity contribution in [3.05, 3.63) is 28.8 Å². The number of hydrogen-bond donors (Lipinski definition) is 0. The lowest BCUT2D eigenvalue weighted by molar-refractivity contribution is 0.0361. The van der Waals surface area contributed by atoms with Crippen molar-refractivity contribution in [2.45, 2.75) is 31.8 Å². The molecule has 6 heteroatoms. The van der Waals surface area contributed by atoms with E-state index in [1.54, 1.807) is 11.7 Å². The Morgan fingerprint density at radius 3 is 2.80 bits per heavy atom. The molecule has 0 unspecified atom stereocenters. The number of aryl methyl sites for hydroxylation is 1. The number of ether oxygens (including phenoxy) is 1. The molecule has 0 spiro atoms. The maximum atomic E-state index is 6.28. The van der Waals surface area contributed by atoms with Crippen LogP contribution in [0.25, 0.3) is 11.4 Å². The Bertz CT molecular complexity index is 638. The summed E-state index contributed by atoms with van der Waals surface area (Å²) in [6.07, 6.45) is 1.01. The molecule has 0 N–H and O–H groups in total. The Kier molecular flexibility index (Phi) is 3.26. The lowest BCUT2D eigenvalue weighted by atomic mass is 9.91. The number of benzene rings is 1. The van der Waals surface area contributed by atoms with Gasteiger partial charge in [-0.1, -0.05) is 17.7 Å². The maximum Gasteiger partial charge on any atom is 0.183 e. The van der Waals surface area contributed by atoms with Gasteiger partial charge in [0, 0.05) is 18.5 Å². The fourth-order valence-electron chi connectivity index (χ4n) is 2.68. The topological polar surface area (TPSA) is 52.8 Å². The van der Waals surface area contributed by atoms with Crippen LogP contribution in [0.2, 0.25) is 5.02 Å². The van der Waals surface area contributed by atoms with Gasteiger partial charge >= 0.3 is 0 Å². The molecule has 1 aromatic carbocycles. The van der Waals surface area contributed by atoms with Crippen LogP contribution in [0.3, 0.4) is 0 Å². The van der Waals surface area contributed by atoms with Crippen LogP contribution in [0, 0.1) is 0 Å². The van der Waals surface area contributed by atoms with Crippen molar-refractivity contribution in [2.75, 3.05) is 6.61 Å². The van der Waals surface area contributed by atoms with Gasteiger partial charge in [0.2, 0.25) is 0 Å². The van der Waals surface area contributed by atoms with Gasteiger partial charge in [-0.2, -0.15) is 0 Å². The van der Waals surface area contributed by atoms with Crippen molar-refractivity contribution in [3.8, 4) is 11.4 Å². The zero-order chi connectivity index (χ0) is 14.3. The number of halogens is 1. The van der Waals surface area contributed by atoms with Crippen LogP contribution in [0.15, 0.2) is 18.2 Å². The van der Waals surface area contributed by atoms with Crippen LogP contribution in [0.5, 0.6) is 0 Å². The third kappa shape index (κ3) is 2.43. The molecule has 2 aromatic rings. The summed E-state index contributed by atoms with van der Waals surface area (Å²) in [5.74, 6) is 1.07. The van der Waals surface area contributed by atoms with E-state index in [0.29, 0.717) is 16.8 Å². The fraction of sp³-hybridized carbons (Fsp3) is 0.500. The average molecular weight is 293 g/mol. The van der Waals surface area contributed by atoms with Crippen LogP contribution in [-0.4, -0.2) is 32.4 Å². The van der Waals surface area contributed by atoms with Crippen LogP contribution >= 0.6 is 11.6 Å². The average Bonchev–Trinajstić information content (AvgIpc) is 2.96. The summed E-state index contributed by atoms with van der Waals surface area (Å²) in [7, 11) is 1.81. The molecule has 0 saturated carbocycles. The molecule has 0 amide bonds. The first kappa shape index (κ1) is 13.5. The molecular weight excluding hydrogens is 276 g/mol. The first-order valence-corrected chi connectivity index (χ1v) is 7.00. The van der Waals surface area contributed by atoms with Crippen molar-refractivity contribution in [1.29, 1.82) is 0 Å². The molecule has 0 bridgehead atoms. The molecule has 0 aliphatic carbocycles. The first-order valence-electron chi connectivity index (χ1n) is 6.62. The monoisotopic (exact) mass is 292 g/mol. The van der Waals surface area contributed by atoms with E-state index in [1.807, 2.05) is 6.07 Å². The molecule has 1 fully saturated rings. The van der Waals surface area contributed by atoms with Crippen LogP contribution in [-0.2, 0) is 11.8 Å². The largest absolute Gasteiger partial charge is 0.375 e. The predicted octanol–water partition coefficient (Wildman–Crippen LogP) is 2.81. The van der Waals surface area contributed by atoms with Crippen molar-refractivity contribution in [2.24, 2.45) is 7.05 Å². The zero-order valence-corrected chi connectivity index (χ0v) is 12.6. The quantitative estimate of drug-likeness (QED) is 0.854.